The van der Waals surface area contributed by atoms with E-state index < -0.39 is 0 Å². The van der Waals surface area contributed by atoms with E-state index in [1.807, 2.05) is 55.5 Å². The third kappa shape index (κ3) is 3.80. The normalized spacial score (nSPS) is 12.1. The number of nitrogens with one attached hydrogen (secondary N) is 1. The number of nitrogens with zero attached hydrogens (tertiary/aromatic N) is 3. The Bertz CT molecular complexity index is 1230. The Morgan fingerprint density at radius 1 is 1.20 bits per heavy atom. The predicted octanol–water partition coefficient (Wildman–Crippen LogP) is 4.92. The van der Waals surface area contributed by atoms with E-state index in [4.69, 9.17) is 4.74 Å². The number of H-pyrrole nitrogens is 1. The summed E-state index contributed by atoms with van der Waals surface area (Å²) in [5.41, 5.74) is 3.63. The Morgan fingerprint density at radius 3 is 2.60 bits per heavy atom. The van der Waals surface area contributed by atoms with Gasteiger partial charge in [0.15, 0.2) is 0 Å². The molecule has 4 rings (SSSR count). The molecule has 0 fully saturated rings. The van der Waals surface area contributed by atoms with E-state index in [0.29, 0.717) is 23.2 Å². The number of fused-ring (bicyclic) bond motifs is 1. The molecule has 7 heteroatoms. The molecule has 2 heterocycles. The fraction of sp³-hybridized carbons (Fsp3) is 0.261. The van der Waals surface area contributed by atoms with Gasteiger partial charge in [-0.2, -0.15) is 4.68 Å². The van der Waals surface area contributed by atoms with Crippen molar-refractivity contribution in [3.8, 4) is 22.1 Å². The predicted molar refractivity (Wildman–Crippen MR) is 123 cm³/mol. The van der Waals surface area contributed by atoms with Crippen molar-refractivity contribution in [1.82, 2.24) is 14.8 Å². The van der Waals surface area contributed by atoms with Crippen LogP contribution >= 0.6 is 11.3 Å². The zero-order valence-corrected chi connectivity index (χ0v) is 18.3. The van der Waals surface area contributed by atoms with Gasteiger partial charge in [-0.05, 0) is 49.2 Å². The van der Waals surface area contributed by atoms with Crippen LogP contribution in [0, 0.1) is 5.92 Å². The van der Waals surface area contributed by atoms with Gasteiger partial charge >= 0.3 is 0 Å². The van der Waals surface area contributed by atoms with Crippen LogP contribution < -0.4 is 10.3 Å². The fourth-order valence-corrected chi connectivity index (χ4v) is 4.15. The van der Waals surface area contributed by atoms with Gasteiger partial charge in [0.25, 0.3) is 5.56 Å². The van der Waals surface area contributed by atoms with Gasteiger partial charge in [0.05, 0.1) is 28.6 Å². The summed E-state index contributed by atoms with van der Waals surface area (Å²) in [5, 5.41) is 3.89. The molecular weight excluding hydrogens is 396 g/mol. The minimum absolute atomic E-state index is 0.148. The number of aromatic nitrogens is 3. The summed E-state index contributed by atoms with van der Waals surface area (Å²) >= 11 is 1.48. The lowest BCUT2D eigenvalue weighted by molar-refractivity contribution is 0.415. The second-order valence-corrected chi connectivity index (χ2v) is 8.52. The van der Waals surface area contributed by atoms with Crippen molar-refractivity contribution in [3.05, 3.63) is 64.4 Å². The first-order chi connectivity index (χ1) is 14.5. The van der Waals surface area contributed by atoms with Gasteiger partial charge in [-0.15, -0.1) is 0 Å². The highest BCUT2D eigenvalue weighted by Crippen LogP contribution is 2.27. The third-order valence-electron chi connectivity index (χ3n) is 4.80. The minimum atomic E-state index is -0.148. The monoisotopic (exact) mass is 420 g/mol. The Kier molecular flexibility index (Phi) is 5.55. The summed E-state index contributed by atoms with van der Waals surface area (Å²) in [5.74, 6) is 1.17. The van der Waals surface area contributed by atoms with Crippen LogP contribution in [0.2, 0.25) is 0 Å². The van der Waals surface area contributed by atoms with Crippen LogP contribution in [0.5, 0.6) is 5.75 Å². The highest BCUT2D eigenvalue weighted by molar-refractivity contribution is 7.20. The smallest absolute Gasteiger partial charge is 0.283 e. The van der Waals surface area contributed by atoms with Crippen LogP contribution in [0.25, 0.3) is 26.6 Å². The molecule has 2 aromatic heterocycles. The Morgan fingerprint density at radius 2 is 1.93 bits per heavy atom. The first kappa shape index (κ1) is 20.1. The molecule has 0 radical (unpaired) electrons. The maximum Gasteiger partial charge on any atom is 0.283 e. The topological polar surface area (TPSA) is 72.3 Å². The summed E-state index contributed by atoms with van der Waals surface area (Å²) in [4.78, 5) is 22.8. The number of methoxy groups -OCH3 is 1. The molecule has 0 saturated heterocycles. The minimum Gasteiger partial charge on any atom is -0.497 e. The average molecular weight is 421 g/mol. The van der Waals surface area contributed by atoms with Crippen LogP contribution in [0.4, 0.5) is 0 Å². The first-order valence-corrected chi connectivity index (χ1v) is 10.7. The number of para-hydroxylation sites is 1. The zero-order chi connectivity index (χ0) is 21.3. The molecule has 4 aromatic rings. The third-order valence-corrected chi connectivity index (χ3v) is 5.82. The molecule has 0 bridgehead atoms. The molecule has 1 N–H and O–H groups in total. The number of aromatic amines is 1. The molecule has 0 atom stereocenters. The molecule has 30 heavy (non-hydrogen) atoms. The summed E-state index contributed by atoms with van der Waals surface area (Å²) in [6.45, 7) is 6.78. The van der Waals surface area contributed by atoms with Gasteiger partial charge in [0.1, 0.15) is 5.75 Å². The van der Waals surface area contributed by atoms with Gasteiger partial charge in [-0.25, -0.2) is 4.98 Å². The van der Waals surface area contributed by atoms with Crippen molar-refractivity contribution in [2.75, 3.05) is 13.7 Å². The van der Waals surface area contributed by atoms with Crippen LogP contribution in [0.1, 0.15) is 26.3 Å². The lowest BCUT2D eigenvalue weighted by atomic mass is 10.0. The molecule has 0 aliphatic rings. The summed E-state index contributed by atoms with van der Waals surface area (Å²) < 4.78 is 7.83. The number of rotatable bonds is 6. The second-order valence-electron chi connectivity index (χ2n) is 7.51. The van der Waals surface area contributed by atoms with E-state index in [0.717, 1.165) is 32.9 Å². The first-order valence-electron chi connectivity index (χ1n) is 9.84. The van der Waals surface area contributed by atoms with Gasteiger partial charge in [-0.3, -0.25) is 14.9 Å². The van der Waals surface area contributed by atoms with Crippen molar-refractivity contribution >= 4 is 27.3 Å². The van der Waals surface area contributed by atoms with Crippen LogP contribution in [0.15, 0.2) is 58.3 Å². The van der Waals surface area contributed by atoms with E-state index in [-0.39, 0.29) is 5.56 Å². The van der Waals surface area contributed by atoms with E-state index in [1.54, 1.807) is 7.11 Å². The molecule has 154 valence electrons. The Hall–Kier alpha value is -3.19. The summed E-state index contributed by atoms with van der Waals surface area (Å²) in [6.07, 6.45) is 0. The Balaban J connectivity index is 1.89. The lowest BCUT2D eigenvalue weighted by Crippen LogP contribution is -2.19. The molecular formula is C23H24N4O2S. The van der Waals surface area contributed by atoms with E-state index in [1.165, 1.54) is 16.0 Å². The number of hydrogen-bond donors (Lipinski definition) is 1. The van der Waals surface area contributed by atoms with Gasteiger partial charge in [0.2, 0.25) is 5.13 Å². The van der Waals surface area contributed by atoms with Crippen molar-refractivity contribution in [3.63, 3.8) is 0 Å². The zero-order valence-electron chi connectivity index (χ0n) is 17.5. The molecule has 0 aliphatic carbocycles. The highest BCUT2D eigenvalue weighted by Gasteiger charge is 2.21. The largest absolute Gasteiger partial charge is 0.497 e. The van der Waals surface area contributed by atoms with E-state index in [2.05, 4.69) is 28.9 Å². The number of benzene rings is 2. The molecule has 0 saturated carbocycles. The van der Waals surface area contributed by atoms with E-state index in [9.17, 15) is 4.79 Å². The SMILES string of the molecule is COc1ccc(-c2[nH]n(-c3nc4ccccc4s3)c(=O)c2C(C)=NCC(C)C)cc1. The molecule has 2 aromatic carbocycles. The molecule has 0 unspecified atom stereocenters. The maximum absolute atomic E-state index is 13.4. The van der Waals surface area contributed by atoms with Crippen molar-refractivity contribution in [2.45, 2.75) is 20.8 Å². The van der Waals surface area contributed by atoms with Crippen LogP contribution in [-0.4, -0.2) is 34.1 Å². The number of thiazole rings is 1. The summed E-state index contributed by atoms with van der Waals surface area (Å²) in [7, 11) is 1.63. The van der Waals surface area contributed by atoms with Crippen molar-refractivity contribution < 1.29 is 4.74 Å². The standard InChI is InChI=1S/C23H24N4O2S/c1-14(2)13-24-15(3)20-21(16-9-11-17(29-4)12-10-16)26-27(22(20)28)23-25-18-7-5-6-8-19(18)30-23/h5-12,14,26H,13H2,1-4H3. The van der Waals surface area contributed by atoms with Crippen molar-refractivity contribution in [2.24, 2.45) is 10.9 Å². The second kappa shape index (κ2) is 8.28. The number of ether oxygens (including phenoxy) is 1. The highest BCUT2D eigenvalue weighted by atomic mass is 32.1. The Labute approximate surface area is 178 Å². The number of aliphatic imine (C=N–C) groups is 1. The van der Waals surface area contributed by atoms with Gasteiger partial charge in [0, 0.05) is 17.8 Å². The molecule has 0 amide bonds. The van der Waals surface area contributed by atoms with Crippen LogP contribution in [-0.2, 0) is 0 Å². The van der Waals surface area contributed by atoms with Gasteiger partial charge < -0.3 is 4.74 Å². The number of hydrogen-bond acceptors (Lipinski definition) is 5. The molecule has 0 aliphatic heterocycles. The van der Waals surface area contributed by atoms with Gasteiger partial charge in [-0.1, -0.05) is 37.3 Å². The lowest BCUT2D eigenvalue weighted by Gasteiger charge is -2.05. The average Bonchev–Trinajstić information content (AvgIpc) is 3.33. The quantitative estimate of drug-likeness (QED) is 0.450. The molecule has 0 spiro atoms. The fourth-order valence-electron chi connectivity index (χ4n) is 3.23. The van der Waals surface area contributed by atoms with Crippen LogP contribution in [0.3, 0.4) is 0 Å². The maximum atomic E-state index is 13.4. The summed E-state index contributed by atoms with van der Waals surface area (Å²) in [6, 6.07) is 15.5. The van der Waals surface area contributed by atoms with Crippen molar-refractivity contribution in [1.29, 1.82) is 0 Å². The van der Waals surface area contributed by atoms with E-state index >= 15 is 0 Å². The molecule has 6 nitrogen and oxygen atoms in total.